The summed E-state index contributed by atoms with van der Waals surface area (Å²) >= 11 is 5.39. The Hall–Kier alpha value is -2.25. The van der Waals surface area contributed by atoms with Crippen molar-refractivity contribution in [3.8, 4) is 0 Å². The number of nitrogens with one attached hydrogen (secondary N) is 2. The Labute approximate surface area is 165 Å². The van der Waals surface area contributed by atoms with Crippen LogP contribution in [0.1, 0.15) is 29.7 Å². The summed E-state index contributed by atoms with van der Waals surface area (Å²) in [4.78, 5) is 11.5. The van der Waals surface area contributed by atoms with Crippen LogP contribution in [-0.4, -0.2) is 40.9 Å². The zero-order valence-electron chi connectivity index (χ0n) is 15.6. The molecule has 1 unspecified atom stereocenters. The van der Waals surface area contributed by atoms with Crippen molar-refractivity contribution in [1.82, 2.24) is 15.3 Å². The lowest BCUT2D eigenvalue weighted by Crippen LogP contribution is -2.35. The second-order valence-corrected chi connectivity index (χ2v) is 7.51. The molecule has 1 saturated heterocycles. The number of benzene rings is 1. The van der Waals surface area contributed by atoms with Crippen molar-refractivity contribution in [3.05, 3.63) is 47.2 Å². The highest BCUT2D eigenvalue weighted by atomic mass is 32.1. The Bertz CT molecular complexity index is 822. The summed E-state index contributed by atoms with van der Waals surface area (Å²) in [6, 6.07) is 10.6. The van der Waals surface area contributed by atoms with Crippen molar-refractivity contribution < 1.29 is 4.74 Å². The molecule has 142 valence electrons. The first-order valence-corrected chi connectivity index (χ1v) is 9.92. The average molecular weight is 384 g/mol. The molecule has 4 rings (SSSR count). The molecule has 2 aliphatic rings. The number of rotatable bonds is 4. The minimum atomic E-state index is 0.243. The third kappa shape index (κ3) is 4.54. The Morgan fingerprint density at radius 2 is 2.15 bits per heavy atom. The molecule has 2 N–H and O–H groups in total. The Kier molecular flexibility index (Phi) is 5.50. The fourth-order valence-corrected chi connectivity index (χ4v) is 3.79. The topological polar surface area (TPSA) is 62.3 Å². The Morgan fingerprint density at radius 1 is 1.30 bits per heavy atom. The van der Waals surface area contributed by atoms with Gasteiger partial charge in [-0.25, -0.2) is 4.98 Å². The largest absolute Gasteiger partial charge is 0.376 e. The van der Waals surface area contributed by atoms with E-state index in [4.69, 9.17) is 21.9 Å². The maximum Gasteiger partial charge on any atom is 0.231 e. The fourth-order valence-electron chi connectivity index (χ4n) is 3.62. The van der Waals surface area contributed by atoms with Crippen molar-refractivity contribution in [2.45, 2.75) is 38.8 Å². The number of fused-ring (bicyclic) bond motifs is 1. The summed E-state index contributed by atoms with van der Waals surface area (Å²) in [7, 11) is 0. The maximum absolute atomic E-state index is 5.61. The first-order valence-electron chi connectivity index (χ1n) is 9.51. The minimum absolute atomic E-state index is 0.243. The predicted molar refractivity (Wildman–Crippen MR) is 111 cm³/mol. The monoisotopic (exact) mass is 383 g/mol. The average Bonchev–Trinajstić information content (AvgIpc) is 3.19. The van der Waals surface area contributed by atoms with Crippen LogP contribution in [-0.2, 0) is 17.7 Å². The Balaban J connectivity index is 1.41. The van der Waals surface area contributed by atoms with Gasteiger partial charge in [-0.2, -0.15) is 4.98 Å². The summed E-state index contributed by atoms with van der Waals surface area (Å²) in [6.45, 7) is 5.36. The molecule has 0 bridgehead atoms. The number of thiocarbonyl (C=S) groups is 1. The van der Waals surface area contributed by atoms with E-state index in [1.54, 1.807) is 0 Å². The maximum atomic E-state index is 5.61. The smallest absolute Gasteiger partial charge is 0.231 e. The molecule has 2 aliphatic heterocycles. The number of hydrogen-bond acceptors (Lipinski definition) is 5. The van der Waals surface area contributed by atoms with Gasteiger partial charge < -0.3 is 20.3 Å². The summed E-state index contributed by atoms with van der Waals surface area (Å²) in [5.74, 6) is 1.47. The van der Waals surface area contributed by atoms with Gasteiger partial charge in [0.1, 0.15) is 5.82 Å². The van der Waals surface area contributed by atoms with E-state index in [1.807, 2.05) is 13.0 Å². The highest BCUT2D eigenvalue weighted by Gasteiger charge is 2.19. The van der Waals surface area contributed by atoms with Crippen LogP contribution in [0, 0.1) is 6.92 Å². The molecule has 1 atom stereocenters. The molecule has 1 fully saturated rings. The molecule has 0 spiro atoms. The van der Waals surface area contributed by atoms with Gasteiger partial charge in [-0.1, -0.05) is 24.3 Å². The normalized spacial score (nSPS) is 18.9. The number of nitrogens with zero attached hydrogens (tertiary/aromatic N) is 3. The number of aromatic nitrogens is 2. The third-order valence-corrected chi connectivity index (χ3v) is 5.28. The van der Waals surface area contributed by atoms with E-state index in [9.17, 15) is 0 Å². The van der Waals surface area contributed by atoms with Crippen molar-refractivity contribution in [2.75, 3.05) is 29.9 Å². The molecule has 6 nitrogen and oxygen atoms in total. The molecule has 0 saturated carbocycles. The molecule has 2 aromatic rings. The molecular formula is C20H25N5OS. The SMILES string of the molecule is Cc1cc(N2CCc3ccccc3C2)nc(NC(=S)NCC2CCCO2)n1. The fraction of sp³-hybridized carbons (Fsp3) is 0.450. The zero-order valence-corrected chi connectivity index (χ0v) is 16.4. The van der Waals surface area contributed by atoms with Crippen molar-refractivity contribution in [3.63, 3.8) is 0 Å². The van der Waals surface area contributed by atoms with Gasteiger partial charge in [-0.05, 0) is 49.5 Å². The standard InChI is InChI=1S/C20H25N5OS/c1-14-11-18(25-9-8-15-5-2-3-6-16(15)13-25)23-19(22-14)24-20(27)21-12-17-7-4-10-26-17/h2-3,5-6,11,17H,4,7-10,12-13H2,1H3,(H2,21,22,23,24,27). The first-order chi connectivity index (χ1) is 13.2. The molecule has 0 radical (unpaired) electrons. The number of ether oxygens (including phenoxy) is 1. The van der Waals surface area contributed by atoms with E-state index in [0.717, 1.165) is 50.5 Å². The van der Waals surface area contributed by atoms with Crippen molar-refractivity contribution in [2.24, 2.45) is 0 Å². The molecule has 0 aliphatic carbocycles. The Morgan fingerprint density at radius 3 is 2.96 bits per heavy atom. The van der Waals surface area contributed by atoms with Gasteiger partial charge in [-0.3, -0.25) is 0 Å². The summed E-state index contributed by atoms with van der Waals surface area (Å²) in [5.41, 5.74) is 3.71. The van der Waals surface area contributed by atoms with E-state index in [-0.39, 0.29) is 6.10 Å². The van der Waals surface area contributed by atoms with E-state index in [1.165, 1.54) is 11.1 Å². The van der Waals surface area contributed by atoms with Gasteiger partial charge in [0.2, 0.25) is 5.95 Å². The first kappa shape index (κ1) is 18.1. The molecule has 3 heterocycles. The van der Waals surface area contributed by atoms with E-state index < -0.39 is 0 Å². The van der Waals surface area contributed by atoms with Crippen LogP contribution in [0.15, 0.2) is 30.3 Å². The van der Waals surface area contributed by atoms with Gasteiger partial charge in [0.25, 0.3) is 0 Å². The molecule has 1 aromatic heterocycles. The van der Waals surface area contributed by atoms with Gasteiger partial charge >= 0.3 is 0 Å². The van der Waals surface area contributed by atoms with Crippen LogP contribution in [0.2, 0.25) is 0 Å². The molecule has 27 heavy (non-hydrogen) atoms. The van der Waals surface area contributed by atoms with Crippen LogP contribution >= 0.6 is 12.2 Å². The van der Waals surface area contributed by atoms with E-state index in [0.29, 0.717) is 17.6 Å². The van der Waals surface area contributed by atoms with Gasteiger partial charge in [0.15, 0.2) is 5.11 Å². The van der Waals surface area contributed by atoms with Gasteiger partial charge in [-0.15, -0.1) is 0 Å². The minimum Gasteiger partial charge on any atom is -0.376 e. The van der Waals surface area contributed by atoms with Crippen LogP contribution in [0.5, 0.6) is 0 Å². The quantitative estimate of drug-likeness (QED) is 0.787. The van der Waals surface area contributed by atoms with E-state index >= 15 is 0 Å². The zero-order chi connectivity index (χ0) is 18.6. The van der Waals surface area contributed by atoms with Crippen LogP contribution < -0.4 is 15.5 Å². The summed E-state index contributed by atoms with van der Waals surface area (Å²) in [5, 5.41) is 6.86. The van der Waals surface area contributed by atoms with Crippen molar-refractivity contribution >= 4 is 29.1 Å². The van der Waals surface area contributed by atoms with Gasteiger partial charge in [0, 0.05) is 38.0 Å². The van der Waals surface area contributed by atoms with E-state index in [2.05, 4.69) is 44.8 Å². The lowest BCUT2D eigenvalue weighted by atomic mass is 10.00. The molecular weight excluding hydrogens is 358 g/mol. The van der Waals surface area contributed by atoms with Gasteiger partial charge in [0.05, 0.1) is 6.10 Å². The number of hydrogen-bond donors (Lipinski definition) is 2. The van der Waals surface area contributed by atoms with Crippen LogP contribution in [0.3, 0.4) is 0 Å². The van der Waals surface area contributed by atoms with Crippen LogP contribution in [0.4, 0.5) is 11.8 Å². The second-order valence-electron chi connectivity index (χ2n) is 7.10. The highest BCUT2D eigenvalue weighted by Crippen LogP contribution is 2.24. The molecule has 0 amide bonds. The second kappa shape index (κ2) is 8.19. The van der Waals surface area contributed by atoms with Crippen molar-refractivity contribution in [1.29, 1.82) is 0 Å². The number of anilines is 2. The molecule has 7 heteroatoms. The lowest BCUT2D eigenvalue weighted by Gasteiger charge is -2.30. The predicted octanol–water partition coefficient (Wildman–Crippen LogP) is 2.81. The summed E-state index contributed by atoms with van der Waals surface area (Å²) < 4.78 is 5.61. The van der Waals surface area contributed by atoms with Crippen LogP contribution in [0.25, 0.3) is 0 Å². The summed E-state index contributed by atoms with van der Waals surface area (Å²) in [6.07, 6.45) is 3.48. The third-order valence-electron chi connectivity index (χ3n) is 5.03. The number of aryl methyl sites for hydroxylation is 1. The lowest BCUT2D eigenvalue weighted by molar-refractivity contribution is 0.114. The highest BCUT2D eigenvalue weighted by molar-refractivity contribution is 7.80. The molecule has 1 aromatic carbocycles.